The zero-order valence-corrected chi connectivity index (χ0v) is 14.8. The monoisotopic (exact) mass is 331 g/mol. The molecule has 1 spiro atoms. The van der Waals surface area contributed by atoms with Gasteiger partial charge in [0.25, 0.3) is 0 Å². The van der Waals surface area contributed by atoms with Gasteiger partial charge < -0.3 is 9.47 Å². The van der Waals surface area contributed by atoms with Gasteiger partial charge in [0.15, 0.2) is 0 Å². The molecule has 1 aliphatic carbocycles. The van der Waals surface area contributed by atoms with Crippen LogP contribution in [0.15, 0.2) is 18.2 Å². The van der Waals surface area contributed by atoms with E-state index in [0.717, 1.165) is 36.9 Å². The predicted molar refractivity (Wildman–Crippen MR) is 91.5 cm³/mol. The molecule has 0 unspecified atom stereocenters. The summed E-state index contributed by atoms with van der Waals surface area (Å²) in [6, 6.07) is 5.46. The number of rotatable bonds is 1. The molecule has 0 radical (unpaired) electrons. The third-order valence-corrected chi connectivity index (χ3v) is 4.92. The van der Waals surface area contributed by atoms with E-state index in [4.69, 9.17) is 9.47 Å². The Morgan fingerprint density at radius 3 is 2.42 bits per heavy atom. The van der Waals surface area contributed by atoms with Crippen molar-refractivity contribution in [2.24, 2.45) is 0 Å². The standard InChI is InChI=1S/C19H25NO4/c1-18(2,3)24-17(22)20-12-19(9-5-6-10-19)14-11-13(16(21)23-4)7-8-15(14)20/h7-8,11H,5-6,9-10,12H2,1-4H3. The zero-order valence-electron chi connectivity index (χ0n) is 14.8. The first-order chi connectivity index (χ1) is 11.3. The maximum atomic E-state index is 12.7. The van der Waals surface area contributed by atoms with Gasteiger partial charge >= 0.3 is 12.1 Å². The van der Waals surface area contributed by atoms with Crippen LogP contribution in [0.5, 0.6) is 0 Å². The Labute approximate surface area is 142 Å². The molecule has 0 saturated heterocycles. The van der Waals surface area contributed by atoms with Gasteiger partial charge in [-0.1, -0.05) is 12.8 Å². The van der Waals surface area contributed by atoms with Crippen molar-refractivity contribution in [1.29, 1.82) is 0 Å². The van der Waals surface area contributed by atoms with Gasteiger partial charge in [-0.05, 0) is 57.4 Å². The van der Waals surface area contributed by atoms with E-state index in [1.54, 1.807) is 11.0 Å². The number of anilines is 1. The van der Waals surface area contributed by atoms with E-state index < -0.39 is 5.60 Å². The van der Waals surface area contributed by atoms with Gasteiger partial charge in [-0.3, -0.25) is 4.90 Å². The lowest BCUT2D eigenvalue weighted by atomic mass is 9.80. The molecule has 2 aliphatic rings. The molecular formula is C19H25NO4. The number of methoxy groups -OCH3 is 1. The second kappa shape index (κ2) is 5.80. The van der Waals surface area contributed by atoms with Gasteiger partial charge in [0, 0.05) is 12.0 Å². The number of carbonyl (C=O) groups excluding carboxylic acids is 2. The lowest BCUT2D eigenvalue weighted by Gasteiger charge is -2.27. The van der Waals surface area contributed by atoms with Gasteiger partial charge in [-0.2, -0.15) is 0 Å². The SMILES string of the molecule is COC(=O)c1ccc2c(c1)C1(CCCC1)CN2C(=O)OC(C)(C)C. The van der Waals surface area contributed by atoms with Crippen molar-refractivity contribution in [1.82, 2.24) is 0 Å². The predicted octanol–water partition coefficient (Wildman–Crippen LogP) is 4.04. The maximum Gasteiger partial charge on any atom is 0.414 e. The van der Waals surface area contributed by atoms with Crippen LogP contribution < -0.4 is 4.90 Å². The Hall–Kier alpha value is -2.04. The fourth-order valence-electron chi connectivity index (χ4n) is 3.87. The van der Waals surface area contributed by atoms with E-state index in [2.05, 4.69) is 0 Å². The summed E-state index contributed by atoms with van der Waals surface area (Å²) in [4.78, 5) is 26.3. The fraction of sp³-hybridized carbons (Fsp3) is 0.579. The molecule has 1 aromatic rings. The van der Waals surface area contributed by atoms with Crippen LogP contribution in [0.25, 0.3) is 0 Å². The van der Waals surface area contributed by atoms with Gasteiger partial charge in [0.2, 0.25) is 0 Å². The molecule has 1 amide bonds. The summed E-state index contributed by atoms with van der Waals surface area (Å²) >= 11 is 0. The van der Waals surface area contributed by atoms with Crippen molar-refractivity contribution in [3.05, 3.63) is 29.3 Å². The summed E-state index contributed by atoms with van der Waals surface area (Å²) in [5.74, 6) is -0.346. The summed E-state index contributed by atoms with van der Waals surface area (Å²) in [6.45, 7) is 6.23. The molecule has 0 aromatic heterocycles. The first-order valence-electron chi connectivity index (χ1n) is 8.49. The number of ether oxygens (including phenoxy) is 2. The summed E-state index contributed by atoms with van der Waals surface area (Å²) in [6.07, 6.45) is 4.03. The Balaban J connectivity index is 2.00. The number of esters is 1. The third kappa shape index (κ3) is 2.87. The highest BCUT2D eigenvalue weighted by molar-refractivity contribution is 5.95. The largest absolute Gasteiger partial charge is 0.465 e. The number of hydrogen-bond donors (Lipinski definition) is 0. The van der Waals surface area contributed by atoms with Gasteiger partial charge in [0.05, 0.1) is 18.4 Å². The van der Waals surface area contributed by atoms with Gasteiger partial charge in [0.1, 0.15) is 5.60 Å². The normalized spacial score (nSPS) is 18.6. The summed E-state index contributed by atoms with van der Waals surface area (Å²) < 4.78 is 10.4. The quantitative estimate of drug-likeness (QED) is 0.729. The van der Waals surface area contributed by atoms with Gasteiger partial charge in [-0.15, -0.1) is 0 Å². The maximum absolute atomic E-state index is 12.7. The first-order valence-corrected chi connectivity index (χ1v) is 8.49. The number of nitrogens with zero attached hydrogens (tertiary/aromatic N) is 1. The molecule has 0 bridgehead atoms. The van der Waals surface area contributed by atoms with Crippen molar-refractivity contribution in [2.75, 3.05) is 18.6 Å². The molecule has 5 nitrogen and oxygen atoms in total. The van der Waals surface area contributed by atoms with E-state index in [1.165, 1.54) is 7.11 Å². The Bertz CT molecular complexity index is 668. The summed E-state index contributed by atoms with van der Waals surface area (Å²) in [5, 5.41) is 0. The minimum absolute atomic E-state index is 0.0593. The molecule has 1 aliphatic heterocycles. The lowest BCUT2D eigenvalue weighted by molar-refractivity contribution is 0.0574. The molecule has 0 atom stereocenters. The average Bonchev–Trinajstić information content (AvgIpc) is 3.11. The second-order valence-corrected chi connectivity index (χ2v) is 7.78. The fourth-order valence-corrected chi connectivity index (χ4v) is 3.87. The van der Waals surface area contributed by atoms with Crippen LogP contribution in [0.1, 0.15) is 62.4 Å². The van der Waals surface area contributed by atoms with E-state index in [0.29, 0.717) is 12.1 Å². The second-order valence-electron chi connectivity index (χ2n) is 7.78. The Kier molecular flexibility index (Phi) is 4.06. The summed E-state index contributed by atoms with van der Waals surface area (Å²) in [5.41, 5.74) is 1.88. The molecule has 3 rings (SSSR count). The molecular weight excluding hydrogens is 306 g/mol. The Morgan fingerprint density at radius 1 is 1.17 bits per heavy atom. The minimum Gasteiger partial charge on any atom is -0.465 e. The van der Waals surface area contributed by atoms with E-state index in [9.17, 15) is 9.59 Å². The number of fused-ring (bicyclic) bond motifs is 2. The molecule has 130 valence electrons. The number of benzene rings is 1. The van der Waals surface area contributed by atoms with Crippen molar-refractivity contribution >= 4 is 17.7 Å². The highest BCUT2D eigenvalue weighted by atomic mass is 16.6. The van der Waals surface area contributed by atoms with Crippen LogP contribution in [0.3, 0.4) is 0 Å². The Morgan fingerprint density at radius 2 is 1.83 bits per heavy atom. The van der Waals surface area contributed by atoms with Crippen LogP contribution in [-0.2, 0) is 14.9 Å². The highest BCUT2D eigenvalue weighted by Gasteiger charge is 2.47. The smallest absolute Gasteiger partial charge is 0.414 e. The molecule has 5 heteroatoms. The summed E-state index contributed by atoms with van der Waals surface area (Å²) in [7, 11) is 1.38. The molecule has 1 fully saturated rings. The average molecular weight is 331 g/mol. The molecule has 0 N–H and O–H groups in total. The van der Waals surface area contributed by atoms with Crippen molar-refractivity contribution in [3.8, 4) is 0 Å². The van der Waals surface area contributed by atoms with E-state index >= 15 is 0 Å². The molecule has 1 heterocycles. The highest BCUT2D eigenvalue weighted by Crippen LogP contribution is 2.51. The van der Waals surface area contributed by atoms with Crippen LogP contribution in [0.4, 0.5) is 10.5 Å². The van der Waals surface area contributed by atoms with Crippen molar-refractivity contribution in [2.45, 2.75) is 57.5 Å². The number of carbonyl (C=O) groups is 2. The van der Waals surface area contributed by atoms with Crippen molar-refractivity contribution < 1.29 is 19.1 Å². The van der Waals surface area contributed by atoms with E-state index in [1.807, 2.05) is 32.9 Å². The zero-order chi connectivity index (χ0) is 17.5. The van der Waals surface area contributed by atoms with Gasteiger partial charge in [-0.25, -0.2) is 9.59 Å². The first kappa shape index (κ1) is 16.8. The van der Waals surface area contributed by atoms with Crippen LogP contribution in [0.2, 0.25) is 0 Å². The van der Waals surface area contributed by atoms with Crippen LogP contribution >= 0.6 is 0 Å². The number of amides is 1. The van der Waals surface area contributed by atoms with Crippen molar-refractivity contribution in [3.63, 3.8) is 0 Å². The van der Waals surface area contributed by atoms with Crippen LogP contribution in [-0.4, -0.2) is 31.3 Å². The molecule has 1 saturated carbocycles. The lowest BCUT2D eigenvalue weighted by Crippen LogP contribution is -2.39. The third-order valence-electron chi connectivity index (χ3n) is 4.92. The molecule has 24 heavy (non-hydrogen) atoms. The topological polar surface area (TPSA) is 55.8 Å². The number of hydrogen-bond acceptors (Lipinski definition) is 4. The minimum atomic E-state index is -0.533. The van der Waals surface area contributed by atoms with E-state index in [-0.39, 0.29) is 17.5 Å². The van der Waals surface area contributed by atoms with Crippen LogP contribution in [0, 0.1) is 0 Å². The molecule has 1 aromatic carbocycles.